The second kappa shape index (κ2) is 4.28. The summed E-state index contributed by atoms with van der Waals surface area (Å²) in [5.41, 5.74) is 0.829. The lowest BCUT2D eigenvalue weighted by atomic mass is 10.2. The summed E-state index contributed by atoms with van der Waals surface area (Å²) in [6.45, 7) is 0. The Morgan fingerprint density at radius 1 is 1.27 bits per heavy atom. The molecule has 0 N–H and O–H groups in total. The third-order valence-corrected chi connectivity index (χ3v) is 1.63. The summed E-state index contributed by atoms with van der Waals surface area (Å²) < 4.78 is 0. The fourth-order valence-electron chi connectivity index (χ4n) is 0.691. The van der Waals surface area contributed by atoms with E-state index in [-0.39, 0.29) is 0 Å². The van der Waals surface area contributed by atoms with Crippen molar-refractivity contribution in [1.82, 2.24) is 0 Å². The lowest BCUT2D eigenvalue weighted by molar-refractivity contribution is 1.64. The maximum Gasteiger partial charge on any atom is 0.0839 e. The minimum Gasteiger partial charge on any atom is -0.113 e. The molecule has 0 aliphatic rings. The maximum absolute atomic E-state index is 5.81. The van der Waals surface area contributed by atoms with Crippen LogP contribution in [0.4, 0.5) is 0 Å². The van der Waals surface area contributed by atoms with E-state index in [1.165, 1.54) is 0 Å². The lowest BCUT2D eigenvalue weighted by Crippen LogP contribution is -1.74. The van der Waals surface area contributed by atoms with Gasteiger partial charge in [0, 0.05) is 5.56 Å². The summed E-state index contributed by atoms with van der Waals surface area (Å²) in [5, 5.41) is 0.671. The van der Waals surface area contributed by atoms with Crippen LogP contribution in [0.2, 0.25) is 5.02 Å². The third kappa shape index (κ3) is 2.46. The van der Waals surface area contributed by atoms with Crippen molar-refractivity contribution in [1.29, 1.82) is 0 Å². The summed E-state index contributed by atoms with van der Waals surface area (Å²) in [4.78, 5) is 0. The van der Waals surface area contributed by atoms with Crippen LogP contribution in [0.5, 0.6) is 0 Å². The molecule has 0 fully saturated rings. The number of halogens is 2. The second-order valence-electron chi connectivity index (χ2n) is 1.92. The monoisotopic (exact) mass is 184 g/mol. The molecule has 0 aliphatic heterocycles. The first-order valence-corrected chi connectivity index (χ1v) is 4.05. The number of hydrogen-bond acceptors (Lipinski definition) is 0. The standard InChI is InChI=1S/C9H6Cl2/c10-7-3-5-8-4-1-2-6-9(8)11/h1-2,4,6H,7H2. The summed E-state index contributed by atoms with van der Waals surface area (Å²) in [6, 6.07) is 7.43. The largest absolute Gasteiger partial charge is 0.113 e. The molecule has 0 unspecified atom stereocenters. The van der Waals surface area contributed by atoms with Crippen LogP contribution in [-0.4, -0.2) is 5.88 Å². The molecule has 0 nitrogen and oxygen atoms in total. The lowest BCUT2D eigenvalue weighted by Gasteiger charge is -1.91. The Kier molecular flexibility index (Phi) is 3.29. The fourth-order valence-corrected chi connectivity index (χ4v) is 0.941. The van der Waals surface area contributed by atoms with Crippen molar-refractivity contribution < 1.29 is 0 Å². The molecule has 0 aliphatic carbocycles. The Labute approximate surface area is 76.1 Å². The molecule has 1 aromatic carbocycles. The van der Waals surface area contributed by atoms with Crippen molar-refractivity contribution in [3.05, 3.63) is 34.9 Å². The molecule has 0 spiro atoms. The molecule has 2 heteroatoms. The second-order valence-corrected chi connectivity index (χ2v) is 2.59. The van der Waals surface area contributed by atoms with Crippen molar-refractivity contribution in [2.45, 2.75) is 0 Å². The maximum atomic E-state index is 5.81. The van der Waals surface area contributed by atoms with Gasteiger partial charge in [0.25, 0.3) is 0 Å². The Hall–Kier alpha value is -0.640. The predicted octanol–water partition coefficient (Wildman–Crippen LogP) is 2.93. The number of alkyl halides is 1. The van der Waals surface area contributed by atoms with Crippen LogP contribution in [0.1, 0.15) is 5.56 Å². The molecular weight excluding hydrogens is 179 g/mol. The van der Waals surface area contributed by atoms with Crippen molar-refractivity contribution in [2.75, 3.05) is 5.88 Å². The Morgan fingerprint density at radius 3 is 2.64 bits per heavy atom. The highest BCUT2D eigenvalue weighted by molar-refractivity contribution is 6.31. The summed E-state index contributed by atoms with van der Waals surface area (Å²) in [6.07, 6.45) is 0. The molecule has 1 aromatic rings. The van der Waals surface area contributed by atoms with Crippen molar-refractivity contribution in [3.63, 3.8) is 0 Å². The van der Waals surface area contributed by atoms with Gasteiger partial charge in [-0.2, -0.15) is 0 Å². The minimum absolute atomic E-state index is 0.339. The molecule has 0 saturated carbocycles. The average molecular weight is 185 g/mol. The molecule has 0 saturated heterocycles. The summed E-state index contributed by atoms with van der Waals surface area (Å²) in [7, 11) is 0. The quantitative estimate of drug-likeness (QED) is 0.430. The fraction of sp³-hybridized carbons (Fsp3) is 0.111. The Morgan fingerprint density at radius 2 is 2.00 bits per heavy atom. The topological polar surface area (TPSA) is 0 Å². The third-order valence-electron chi connectivity index (χ3n) is 1.16. The Balaban J connectivity index is 2.95. The van der Waals surface area contributed by atoms with Gasteiger partial charge in [0.2, 0.25) is 0 Å². The van der Waals surface area contributed by atoms with Crippen LogP contribution in [0.25, 0.3) is 0 Å². The van der Waals surface area contributed by atoms with Crippen LogP contribution < -0.4 is 0 Å². The van der Waals surface area contributed by atoms with Crippen LogP contribution in [-0.2, 0) is 0 Å². The molecule has 0 amide bonds. The van der Waals surface area contributed by atoms with Crippen LogP contribution in [0.3, 0.4) is 0 Å². The van der Waals surface area contributed by atoms with Gasteiger partial charge in [0.1, 0.15) is 0 Å². The predicted molar refractivity (Wildman–Crippen MR) is 49.1 cm³/mol. The first-order chi connectivity index (χ1) is 5.34. The molecule has 0 heterocycles. The molecule has 0 bridgehead atoms. The molecule has 11 heavy (non-hydrogen) atoms. The summed E-state index contributed by atoms with van der Waals surface area (Å²) >= 11 is 11.2. The van der Waals surface area contributed by atoms with Crippen LogP contribution in [0, 0.1) is 11.8 Å². The van der Waals surface area contributed by atoms with E-state index in [0.29, 0.717) is 10.9 Å². The van der Waals surface area contributed by atoms with Gasteiger partial charge in [-0.05, 0) is 12.1 Å². The first kappa shape index (κ1) is 8.46. The zero-order valence-electron chi connectivity index (χ0n) is 5.77. The van der Waals surface area contributed by atoms with Gasteiger partial charge in [0.05, 0.1) is 10.9 Å². The van der Waals surface area contributed by atoms with E-state index in [1.807, 2.05) is 18.2 Å². The van der Waals surface area contributed by atoms with E-state index in [4.69, 9.17) is 23.2 Å². The van der Waals surface area contributed by atoms with Crippen LogP contribution in [0.15, 0.2) is 24.3 Å². The molecule has 1 rings (SSSR count). The number of benzene rings is 1. The molecular formula is C9H6Cl2. The van der Waals surface area contributed by atoms with Gasteiger partial charge in [-0.3, -0.25) is 0 Å². The van der Waals surface area contributed by atoms with E-state index < -0.39 is 0 Å². The van der Waals surface area contributed by atoms with E-state index >= 15 is 0 Å². The van der Waals surface area contributed by atoms with Crippen molar-refractivity contribution in [2.24, 2.45) is 0 Å². The van der Waals surface area contributed by atoms with E-state index in [1.54, 1.807) is 6.07 Å². The smallest absolute Gasteiger partial charge is 0.0839 e. The van der Waals surface area contributed by atoms with E-state index in [9.17, 15) is 0 Å². The van der Waals surface area contributed by atoms with Crippen molar-refractivity contribution >= 4 is 23.2 Å². The number of hydrogen-bond donors (Lipinski definition) is 0. The molecule has 0 radical (unpaired) electrons. The van der Waals surface area contributed by atoms with E-state index in [2.05, 4.69) is 11.8 Å². The van der Waals surface area contributed by atoms with Gasteiger partial charge in [0.15, 0.2) is 0 Å². The zero-order valence-corrected chi connectivity index (χ0v) is 7.28. The normalized spacial score (nSPS) is 8.55. The van der Waals surface area contributed by atoms with Gasteiger partial charge < -0.3 is 0 Å². The van der Waals surface area contributed by atoms with Gasteiger partial charge in [-0.15, -0.1) is 11.6 Å². The van der Waals surface area contributed by atoms with Crippen molar-refractivity contribution in [3.8, 4) is 11.8 Å². The highest BCUT2D eigenvalue weighted by Crippen LogP contribution is 2.12. The Bertz CT molecular complexity index is 294. The molecule has 0 atom stereocenters. The molecule has 56 valence electrons. The van der Waals surface area contributed by atoms with Gasteiger partial charge in [-0.25, -0.2) is 0 Å². The highest BCUT2D eigenvalue weighted by atomic mass is 35.5. The zero-order chi connectivity index (χ0) is 8.10. The van der Waals surface area contributed by atoms with E-state index in [0.717, 1.165) is 5.56 Å². The minimum atomic E-state index is 0.339. The summed E-state index contributed by atoms with van der Waals surface area (Å²) in [5.74, 6) is 5.92. The highest BCUT2D eigenvalue weighted by Gasteiger charge is 1.91. The first-order valence-electron chi connectivity index (χ1n) is 3.14. The number of rotatable bonds is 0. The average Bonchev–Trinajstić information content (AvgIpc) is 2.03. The SMILES string of the molecule is ClCC#Cc1ccccc1Cl. The van der Waals surface area contributed by atoms with Gasteiger partial charge in [-0.1, -0.05) is 35.6 Å². The van der Waals surface area contributed by atoms with Gasteiger partial charge >= 0.3 is 0 Å². The van der Waals surface area contributed by atoms with Crippen LogP contribution >= 0.6 is 23.2 Å². The molecule has 0 aromatic heterocycles.